The molecule has 0 radical (unpaired) electrons. The molecule has 0 bridgehead atoms. The molecule has 0 spiro atoms. The molecule has 1 aliphatic rings. The van der Waals surface area contributed by atoms with Crippen molar-refractivity contribution < 1.29 is 37.5 Å². The molecule has 2 atom stereocenters. The predicted octanol–water partition coefficient (Wildman–Crippen LogP) is 1.63. The van der Waals surface area contributed by atoms with Gasteiger partial charge in [0.15, 0.2) is 5.78 Å². The summed E-state index contributed by atoms with van der Waals surface area (Å²) in [6, 6.07) is 6.45. The number of hydrogen-bond acceptors (Lipinski definition) is 4. The van der Waals surface area contributed by atoms with E-state index in [2.05, 4.69) is 5.32 Å². The molecule has 1 aliphatic heterocycles. The molecule has 28 heavy (non-hydrogen) atoms. The lowest BCUT2D eigenvalue weighted by Gasteiger charge is -2.25. The number of likely N-dealkylation sites (tertiary alicyclic amines) is 1. The van der Waals surface area contributed by atoms with Crippen LogP contribution in [0, 0.1) is 5.92 Å². The van der Waals surface area contributed by atoms with Crippen molar-refractivity contribution in [2.45, 2.75) is 31.5 Å². The molecule has 7 nitrogen and oxygen atoms in total. The smallest absolute Gasteiger partial charge is 0.399 e. The van der Waals surface area contributed by atoms with Crippen molar-refractivity contribution in [2.75, 3.05) is 13.1 Å². The van der Waals surface area contributed by atoms with Crippen LogP contribution in [0.5, 0.6) is 0 Å². The van der Waals surface area contributed by atoms with Crippen molar-refractivity contribution >= 4 is 23.6 Å². The third kappa shape index (κ3) is 5.30. The van der Waals surface area contributed by atoms with Gasteiger partial charge in [-0.25, -0.2) is 4.79 Å². The highest BCUT2D eigenvalue weighted by Crippen LogP contribution is 2.31. The van der Waals surface area contributed by atoms with E-state index in [1.807, 2.05) is 0 Å². The molecule has 2 N–H and O–H groups in total. The Balaban J connectivity index is 2.02. The molecule has 1 heterocycles. The highest BCUT2D eigenvalue weighted by Gasteiger charge is 2.47. The molecule has 152 valence electrons. The van der Waals surface area contributed by atoms with Crippen LogP contribution < -0.4 is 5.32 Å². The number of hydrogen-bond donors (Lipinski definition) is 2. The van der Waals surface area contributed by atoms with E-state index < -0.39 is 54.7 Å². The first-order chi connectivity index (χ1) is 13.1. The summed E-state index contributed by atoms with van der Waals surface area (Å²) in [5, 5.41) is 11.2. The standard InChI is InChI=1S/C18H19F3N2O5/c19-18(20,21)12(9-15(25)23-8-4-7-13(23)17(27)28)14(24)10-22-16(26)11-5-2-1-3-6-11/h1-3,5-6,12-13H,4,7-10H2,(H,22,26)(H,27,28)/t12?,13-/m0/s1. The number of alkyl halides is 3. The number of Topliss-reactive ketones (excluding diaryl/α,β-unsaturated/α-hetero) is 1. The van der Waals surface area contributed by atoms with Gasteiger partial charge in [0.25, 0.3) is 5.91 Å². The van der Waals surface area contributed by atoms with E-state index in [0.717, 1.165) is 4.90 Å². The molecule has 0 aliphatic carbocycles. The van der Waals surface area contributed by atoms with E-state index in [1.54, 1.807) is 18.2 Å². The summed E-state index contributed by atoms with van der Waals surface area (Å²) in [5.41, 5.74) is 0.177. The molecule has 2 rings (SSSR count). The fourth-order valence-corrected chi connectivity index (χ4v) is 3.01. The molecule has 1 aromatic rings. The van der Waals surface area contributed by atoms with Gasteiger partial charge in [0.05, 0.1) is 6.54 Å². The Morgan fingerprint density at radius 3 is 2.39 bits per heavy atom. The van der Waals surface area contributed by atoms with Crippen molar-refractivity contribution in [3.63, 3.8) is 0 Å². The number of carboxylic acids is 1. The number of ketones is 1. The van der Waals surface area contributed by atoms with Crippen LogP contribution in [0.1, 0.15) is 29.6 Å². The summed E-state index contributed by atoms with van der Waals surface area (Å²) < 4.78 is 39.9. The van der Waals surface area contributed by atoms with Crippen molar-refractivity contribution in [3.8, 4) is 0 Å². The average molecular weight is 400 g/mol. The van der Waals surface area contributed by atoms with Crippen LogP contribution in [0.4, 0.5) is 13.2 Å². The Bertz CT molecular complexity index is 751. The van der Waals surface area contributed by atoms with Gasteiger partial charge in [-0.2, -0.15) is 13.2 Å². The van der Waals surface area contributed by atoms with Crippen LogP contribution in [0.2, 0.25) is 0 Å². The molecule has 1 unspecified atom stereocenters. The van der Waals surface area contributed by atoms with Crippen LogP contribution >= 0.6 is 0 Å². The van der Waals surface area contributed by atoms with E-state index in [4.69, 9.17) is 5.11 Å². The minimum Gasteiger partial charge on any atom is -0.480 e. The fraction of sp³-hybridized carbons (Fsp3) is 0.444. The predicted molar refractivity (Wildman–Crippen MR) is 90.3 cm³/mol. The number of halogens is 3. The molecule has 10 heteroatoms. The normalized spacial score (nSPS) is 17.8. The number of nitrogens with zero attached hydrogens (tertiary/aromatic N) is 1. The van der Waals surface area contributed by atoms with Crippen LogP contribution in [-0.2, 0) is 14.4 Å². The minimum atomic E-state index is -5.00. The van der Waals surface area contributed by atoms with Crippen LogP contribution in [0.25, 0.3) is 0 Å². The minimum absolute atomic E-state index is 0.0271. The summed E-state index contributed by atoms with van der Waals surface area (Å²) in [4.78, 5) is 48.1. The van der Waals surface area contributed by atoms with E-state index in [1.165, 1.54) is 12.1 Å². The zero-order chi connectivity index (χ0) is 20.9. The van der Waals surface area contributed by atoms with Crippen molar-refractivity contribution in [3.05, 3.63) is 35.9 Å². The number of carbonyl (C=O) groups excluding carboxylic acids is 3. The first-order valence-electron chi connectivity index (χ1n) is 8.56. The third-order valence-corrected chi connectivity index (χ3v) is 4.48. The Labute approximate surface area is 158 Å². The maximum absolute atomic E-state index is 13.3. The second kappa shape index (κ2) is 8.85. The fourth-order valence-electron chi connectivity index (χ4n) is 3.01. The van der Waals surface area contributed by atoms with Gasteiger partial charge in [-0.15, -0.1) is 0 Å². The number of carboxylic acid groups (broad SMARTS) is 1. The number of amides is 2. The summed E-state index contributed by atoms with van der Waals surface area (Å²) in [6.45, 7) is -0.868. The maximum Gasteiger partial charge on any atom is 0.399 e. The molecular formula is C18H19F3N2O5. The number of carbonyl (C=O) groups is 4. The zero-order valence-electron chi connectivity index (χ0n) is 14.7. The van der Waals surface area contributed by atoms with Gasteiger partial charge in [0, 0.05) is 18.5 Å². The second-order valence-corrected chi connectivity index (χ2v) is 6.40. The summed E-state index contributed by atoms with van der Waals surface area (Å²) in [6.07, 6.45) is -5.67. The van der Waals surface area contributed by atoms with E-state index in [-0.39, 0.29) is 18.5 Å². The van der Waals surface area contributed by atoms with Crippen molar-refractivity contribution in [2.24, 2.45) is 5.92 Å². The lowest BCUT2D eigenvalue weighted by Crippen LogP contribution is -2.45. The molecule has 2 amide bonds. The molecule has 1 saturated heterocycles. The molecule has 0 aromatic heterocycles. The highest BCUT2D eigenvalue weighted by atomic mass is 19.4. The first kappa shape index (κ1) is 21.4. The molecular weight excluding hydrogens is 381 g/mol. The summed E-state index contributed by atoms with van der Waals surface area (Å²) in [5.74, 6) is -7.04. The van der Waals surface area contributed by atoms with Crippen LogP contribution in [0.3, 0.4) is 0 Å². The van der Waals surface area contributed by atoms with Gasteiger partial charge in [-0.1, -0.05) is 18.2 Å². The van der Waals surface area contributed by atoms with Crippen LogP contribution in [-0.4, -0.2) is 58.9 Å². The topological polar surface area (TPSA) is 104 Å². The van der Waals surface area contributed by atoms with Gasteiger partial charge in [0.2, 0.25) is 5.91 Å². The van der Waals surface area contributed by atoms with Gasteiger partial charge < -0.3 is 15.3 Å². The molecule has 1 fully saturated rings. The maximum atomic E-state index is 13.3. The van der Waals surface area contributed by atoms with Crippen LogP contribution in [0.15, 0.2) is 30.3 Å². The van der Waals surface area contributed by atoms with Crippen molar-refractivity contribution in [1.29, 1.82) is 0 Å². The lowest BCUT2D eigenvalue weighted by atomic mass is 9.98. The molecule has 0 saturated carbocycles. The Hall–Kier alpha value is -2.91. The van der Waals surface area contributed by atoms with E-state index in [9.17, 15) is 32.3 Å². The number of nitrogens with one attached hydrogen (secondary N) is 1. The number of rotatable bonds is 7. The SMILES string of the molecule is O=C(NCC(=O)C(CC(=O)N1CCC[C@H]1C(=O)O)C(F)(F)F)c1ccccc1. The van der Waals surface area contributed by atoms with E-state index in [0.29, 0.717) is 6.42 Å². The quantitative estimate of drug-likeness (QED) is 0.724. The summed E-state index contributed by atoms with van der Waals surface area (Å²) >= 11 is 0. The highest BCUT2D eigenvalue weighted by molar-refractivity contribution is 5.98. The Morgan fingerprint density at radius 1 is 1.18 bits per heavy atom. The first-order valence-corrected chi connectivity index (χ1v) is 8.56. The van der Waals surface area contributed by atoms with Gasteiger partial charge in [-0.3, -0.25) is 14.4 Å². The molecule has 1 aromatic carbocycles. The number of benzene rings is 1. The average Bonchev–Trinajstić information content (AvgIpc) is 3.13. The monoisotopic (exact) mass is 400 g/mol. The third-order valence-electron chi connectivity index (χ3n) is 4.48. The van der Waals surface area contributed by atoms with E-state index >= 15 is 0 Å². The number of aliphatic carboxylic acids is 1. The Morgan fingerprint density at radius 2 is 1.82 bits per heavy atom. The largest absolute Gasteiger partial charge is 0.480 e. The van der Waals surface area contributed by atoms with Gasteiger partial charge >= 0.3 is 12.1 Å². The zero-order valence-corrected chi connectivity index (χ0v) is 14.7. The summed E-state index contributed by atoms with van der Waals surface area (Å²) in [7, 11) is 0. The lowest BCUT2D eigenvalue weighted by molar-refractivity contribution is -0.185. The van der Waals surface area contributed by atoms with Gasteiger partial charge in [-0.05, 0) is 25.0 Å². The second-order valence-electron chi connectivity index (χ2n) is 6.40. The van der Waals surface area contributed by atoms with Crippen molar-refractivity contribution in [1.82, 2.24) is 10.2 Å². The van der Waals surface area contributed by atoms with Gasteiger partial charge in [0.1, 0.15) is 12.0 Å². The Kier molecular flexibility index (Phi) is 6.76.